The molecule has 5 rings (SSSR count). The highest BCUT2D eigenvalue weighted by Gasteiger charge is 2.17. The van der Waals surface area contributed by atoms with Gasteiger partial charge in [-0.15, -0.1) is 0 Å². The van der Waals surface area contributed by atoms with Crippen LogP contribution in [-0.2, 0) is 11.6 Å². The smallest absolute Gasteiger partial charge is 0.229 e. The number of halogens is 1. The molecule has 0 saturated carbocycles. The minimum atomic E-state index is -2.50. The van der Waals surface area contributed by atoms with Crippen LogP contribution in [0.5, 0.6) is 0 Å². The van der Waals surface area contributed by atoms with Gasteiger partial charge < -0.3 is 15.2 Å². The lowest BCUT2D eigenvalue weighted by Gasteiger charge is -2.15. The van der Waals surface area contributed by atoms with E-state index in [1.807, 2.05) is 55.7 Å². The van der Waals surface area contributed by atoms with E-state index in [-0.39, 0.29) is 0 Å². The molecule has 2 aromatic carbocycles. The van der Waals surface area contributed by atoms with Gasteiger partial charge in [0.05, 0.1) is 23.6 Å². The van der Waals surface area contributed by atoms with E-state index in [0.29, 0.717) is 22.5 Å². The number of rotatable bonds is 6. The Morgan fingerprint density at radius 1 is 1.09 bits per heavy atom. The van der Waals surface area contributed by atoms with Crippen LogP contribution in [0.25, 0.3) is 22.2 Å². The highest BCUT2D eigenvalue weighted by molar-refractivity contribution is 7.70. The number of para-hydroxylation sites is 1. The van der Waals surface area contributed by atoms with Gasteiger partial charge in [0.25, 0.3) is 0 Å². The molecule has 0 amide bonds. The van der Waals surface area contributed by atoms with Gasteiger partial charge in [0, 0.05) is 35.2 Å². The van der Waals surface area contributed by atoms with E-state index < -0.39 is 7.14 Å². The summed E-state index contributed by atoms with van der Waals surface area (Å²) < 4.78 is 14.4. The third-order valence-electron chi connectivity index (χ3n) is 5.28. The molecule has 0 unspecified atom stereocenters. The zero-order chi connectivity index (χ0) is 23.9. The van der Waals surface area contributed by atoms with Crippen molar-refractivity contribution in [2.75, 3.05) is 24.0 Å². The van der Waals surface area contributed by atoms with Crippen molar-refractivity contribution >= 4 is 58.1 Å². The largest absolute Gasteiger partial charge is 0.338 e. The lowest BCUT2D eigenvalue weighted by molar-refractivity contribution is 0.588. The highest BCUT2D eigenvalue weighted by atomic mass is 35.5. The van der Waals surface area contributed by atoms with Crippen LogP contribution < -0.4 is 15.9 Å². The molecule has 3 N–H and O–H groups in total. The molecular weight excluding hydrogens is 471 g/mol. The predicted octanol–water partition coefficient (Wildman–Crippen LogP) is 5.14. The Labute approximate surface area is 201 Å². The summed E-state index contributed by atoms with van der Waals surface area (Å²) in [6, 6.07) is 13.3. The summed E-state index contributed by atoms with van der Waals surface area (Å²) in [6.45, 7) is 3.46. The summed E-state index contributed by atoms with van der Waals surface area (Å²) in [5.74, 6) is 0.784. The molecule has 0 bridgehead atoms. The molecule has 0 spiro atoms. The molecule has 0 saturated heterocycles. The van der Waals surface area contributed by atoms with Crippen LogP contribution in [-0.4, -0.2) is 43.3 Å². The van der Waals surface area contributed by atoms with Gasteiger partial charge in [-0.3, -0.25) is 9.78 Å². The van der Waals surface area contributed by atoms with E-state index in [1.54, 1.807) is 24.2 Å². The van der Waals surface area contributed by atoms with E-state index in [4.69, 9.17) is 11.6 Å². The summed E-state index contributed by atoms with van der Waals surface area (Å²) in [5.41, 5.74) is 4.13. The number of aryl methyl sites for hydroxylation is 1. The van der Waals surface area contributed by atoms with Gasteiger partial charge in [-0.2, -0.15) is 15.2 Å². The fourth-order valence-corrected chi connectivity index (χ4v) is 4.97. The molecule has 3 heterocycles. The number of hydrogen-bond acceptors (Lipinski definition) is 7. The number of fused-ring (bicyclic) bond motifs is 1. The number of benzene rings is 2. The first-order chi connectivity index (χ1) is 16.3. The monoisotopic (exact) mass is 492 g/mol. The van der Waals surface area contributed by atoms with Crippen LogP contribution in [0.3, 0.4) is 0 Å². The van der Waals surface area contributed by atoms with Gasteiger partial charge in [0.15, 0.2) is 5.82 Å². The lowest BCUT2D eigenvalue weighted by atomic mass is 10.1. The summed E-state index contributed by atoms with van der Waals surface area (Å²) in [6.07, 6.45) is 5.22. The van der Waals surface area contributed by atoms with E-state index in [0.717, 1.165) is 33.2 Å². The molecular formula is C23H22ClN8OP. The number of hydrogen-bond donors (Lipinski definition) is 3. The van der Waals surface area contributed by atoms with Crippen molar-refractivity contribution in [3.8, 4) is 11.3 Å². The Balaban J connectivity index is 1.45. The first kappa shape index (κ1) is 22.1. The van der Waals surface area contributed by atoms with Crippen LogP contribution in [0, 0.1) is 0 Å². The predicted molar refractivity (Wildman–Crippen MR) is 137 cm³/mol. The third-order valence-corrected chi connectivity index (χ3v) is 7.11. The van der Waals surface area contributed by atoms with Crippen molar-refractivity contribution in [2.24, 2.45) is 7.05 Å². The van der Waals surface area contributed by atoms with Gasteiger partial charge in [0.1, 0.15) is 17.9 Å². The first-order valence-corrected chi connectivity index (χ1v) is 13.4. The standard InChI is InChI=1S/C23H22ClN8OP/c1-32-13-14(11-26-32)21-16-10-15(8-9-18(16)30-31-21)27-23-25-12-17(24)22(29-23)28-19-6-4-5-7-20(19)34(2,3)33/h4-13H,1-3H3,(H,30,31)(H2,25,27,28,29). The minimum Gasteiger partial charge on any atom is -0.338 e. The third kappa shape index (κ3) is 4.40. The Morgan fingerprint density at radius 2 is 1.91 bits per heavy atom. The number of H-pyrrole nitrogens is 1. The Hall–Kier alpha value is -3.68. The molecule has 5 aromatic rings. The normalized spacial score (nSPS) is 11.6. The zero-order valence-electron chi connectivity index (χ0n) is 18.7. The van der Waals surface area contributed by atoms with Gasteiger partial charge in [0.2, 0.25) is 5.95 Å². The van der Waals surface area contributed by atoms with Crippen molar-refractivity contribution in [2.45, 2.75) is 0 Å². The van der Waals surface area contributed by atoms with Gasteiger partial charge in [-0.25, -0.2) is 4.98 Å². The maximum absolute atomic E-state index is 12.7. The van der Waals surface area contributed by atoms with Gasteiger partial charge >= 0.3 is 0 Å². The van der Waals surface area contributed by atoms with Crippen molar-refractivity contribution in [3.63, 3.8) is 0 Å². The van der Waals surface area contributed by atoms with Crippen LogP contribution in [0.15, 0.2) is 61.1 Å². The molecule has 0 radical (unpaired) electrons. The molecule has 0 aliphatic carbocycles. The van der Waals surface area contributed by atoms with Crippen molar-refractivity contribution in [3.05, 3.63) is 66.1 Å². The molecule has 34 heavy (non-hydrogen) atoms. The fraction of sp³-hybridized carbons (Fsp3) is 0.130. The minimum absolute atomic E-state index is 0.353. The second-order valence-electron chi connectivity index (χ2n) is 8.24. The maximum Gasteiger partial charge on any atom is 0.229 e. The van der Waals surface area contributed by atoms with Crippen LogP contribution in [0.4, 0.5) is 23.1 Å². The first-order valence-electron chi connectivity index (χ1n) is 10.5. The van der Waals surface area contributed by atoms with Crippen molar-refractivity contribution < 1.29 is 4.57 Å². The molecule has 11 heteroatoms. The topological polar surface area (TPSA) is 113 Å². The highest BCUT2D eigenvalue weighted by Crippen LogP contribution is 2.38. The van der Waals surface area contributed by atoms with Gasteiger partial charge in [-0.05, 0) is 43.7 Å². The van der Waals surface area contributed by atoms with E-state index in [9.17, 15) is 4.57 Å². The van der Waals surface area contributed by atoms with Crippen LogP contribution >= 0.6 is 18.7 Å². The molecule has 0 aliphatic heterocycles. The summed E-state index contributed by atoms with van der Waals surface area (Å²) in [5, 5.41) is 20.2. The molecule has 172 valence electrons. The number of aromatic amines is 1. The van der Waals surface area contributed by atoms with Crippen LogP contribution in [0.1, 0.15) is 0 Å². The quantitative estimate of drug-likeness (QED) is 0.281. The van der Waals surface area contributed by atoms with E-state index in [2.05, 4.69) is 35.9 Å². The maximum atomic E-state index is 12.7. The Bertz CT molecular complexity index is 1550. The second-order valence-corrected chi connectivity index (χ2v) is 11.8. The number of aromatic nitrogens is 6. The molecule has 0 fully saturated rings. The summed E-state index contributed by atoms with van der Waals surface area (Å²) in [4.78, 5) is 8.86. The van der Waals surface area contributed by atoms with Crippen molar-refractivity contribution in [1.82, 2.24) is 29.9 Å². The SMILES string of the molecule is Cn1cc(-c2n[nH]c3ccc(Nc4ncc(Cl)c(Nc5ccccc5P(C)(C)=O)n4)cc23)cn1. The van der Waals surface area contributed by atoms with E-state index >= 15 is 0 Å². The average Bonchev–Trinajstić information content (AvgIpc) is 3.41. The fourth-order valence-electron chi connectivity index (χ4n) is 3.68. The van der Waals surface area contributed by atoms with Crippen LogP contribution in [0.2, 0.25) is 5.02 Å². The second kappa shape index (κ2) is 8.59. The number of nitrogens with zero attached hydrogens (tertiary/aromatic N) is 5. The Kier molecular flexibility index (Phi) is 5.59. The summed E-state index contributed by atoms with van der Waals surface area (Å²) >= 11 is 6.37. The molecule has 0 atom stereocenters. The Morgan fingerprint density at radius 3 is 2.68 bits per heavy atom. The van der Waals surface area contributed by atoms with Gasteiger partial charge in [-0.1, -0.05) is 23.7 Å². The molecule has 0 aliphatic rings. The molecule has 3 aromatic heterocycles. The summed E-state index contributed by atoms with van der Waals surface area (Å²) in [7, 11) is -0.632. The molecule has 9 nitrogen and oxygen atoms in total. The van der Waals surface area contributed by atoms with Crippen molar-refractivity contribution in [1.29, 1.82) is 0 Å². The average molecular weight is 493 g/mol. The number of anilines is 4. The number of nitrogens with one attached hydrogen (secondary N) is 3. The lowest BCUT2D eigenvalue weighted by Crippen LogP contribution is -2.10. The van der Waals surface area contributed by atoms with E-state index in [1.165, 1.54) is 6.20 Å². The zero-order valence-corrected chi connectivity index (χ0v) is 20.4.